The molecule has 0 bridgehead atoms. The van der Waals surface area contributed by atoms with Crippen molar-refractivity contribution in [2.45, 2.75) is 13.0 Å². The number of benzene rings is 3. The molecule has 2 aliphatic heterocycles. The van der Waals surface area contributed by atoms with E-state index in [1.54, 1.807) is 0 Å². The predicted molar refractivity (Wildman–Crippen MR) is 113 cm³/mol. The highest BCUT2D eigenvalue weighted by Gasteiger charge is 2.43. The minimum absolute atomic E-state index is 0.227. The maximum absolute atomic E-state index is 13.5. The number of carbonyl (C=O) groups excluding carboxylic acids is 2. The summed E-state index contributed by atoms with van der Waals surface area (Å²) in [7, 11) is 0. The van der Waals surface area contributed by atoms with Crippen molar-refractivity contribution in [1.29, 1.82) is 0 Å². The molecule has 0 spiro atoms. The van der Waals surface area contributed by atoms with Gasteiger partial charge in [0.05, 0.1) is 12.1 Å². The highest BCUT2D eigenvalue weighted by Crippen LogP contribution is 2.38. The van der Waals surface area contributed by atoms with Crippen molar-refractivity contribution in [1.82, 2.24) is 4.90 Å². The van der Waals surface area contributed by atoms with Crippen LogP contribution in [0.1, 0.15) is 16.7 Å². The van der Waals surface area contributed by atoms with Gasteiger partial charge in [-0.25, -0.2) is 0 Å². The number of imide groups is 1. The Labute approximate surface area is 169 Å². The Hall–Kier alpha value is -3.66. The molecule has 5 rings (SSSR count). The average molecular weight is 380 g/mol. The number of anilines is 1. The molecule has 0 aromatic heterocycles. The van der Waals surface area contributed by atoms with Crippen LogP contribution in [0.2, 0.25) is 0 Å². The van der Waals surface area contributed by atoms with Crippen LogP contribution in [0.5, 0.6) is 0 Å². The quantitative estimate of drug-likeness (QED) is 0.642. The lowest BCUT2D eigenvalue weighted by molar-refractivity contribution is -0.137. The molecule has 0 saturated carbocycles. The van der Waals surface area contributed by atoms with E-state index in [4.69, 9.17) is 0 Å². The van der Waals surface area contributed by atoms with Crippen LogP contribution >= 0.6 is 0 Å². The number of carbonyl (C=O) groups is 2. The highest BCUT2D eigenvalue weighted by molar-refractivity contribution is 6.36. The molecule has 2 aliphatic rings. The van der Waals surface area contributed by atoms with Crippen LogP contribution in [-0.4, -0.2) is 23.3 Å². The molecule has 0 radical (unpaired) electrons. The fourth-order valence-electron chi connectivity index (χ4n) is 4.16. The third-order valence-corrected chi connectivity index (χ3v) is 5.55. The van der Waals surface area contributed by atoms with E-state index in [1.807, 2.05) is 83.8 Å². The maximum atomic E-state index is 13.5. The van der Waals surface area contributed by atoms with Crippen molar-refractivity contribution < 1.29 is 9.59 Å². The minimum Gasteiger partial charge on any atom is -0.336 e. The lowest BCUT2D eigenvalue weighted by Crippen LogP contribution is -2.34. The van der Waals surface area contributed by atoms with Gasteiger partial charge in [0.2, 0.25) is 0 Å². The van der Waals surface area contributed by atoms with Crippen molar-refractivity contribution in [3.63, 3.8) is 0 Å². The molecule has 0 aliphatic carbocycles. The molecule has 4 heteroatoms. The van der Waals surface area contributed by atoms with Gasteiger partial charge < -0.3 is 4.90 Å². The van der Waals surface area contributed by atoms with Crippen molar-refractivity contribution in [3.8, 4) is 0 Å². The van der Waals surface area contributed by atoms with Gasteiger partial charge in [0, 0.05) is 12.2 Å². The fourth-order valence-corrected chi connectivity index (χ4v) is 4.16. The fraction of sp³-hybridized carbons (Fsp3) is 0.120. The molecule has 29 heavy (non-hydrogen) atoms. The van der Waals surface area contributed by atoms with Crippen LogP contribution in [0.4, 0.5) is 5.69 Å². The molecular weight excluding hydrogens is 360 g/mol. The topological polar surface area (TPSA) is 40.6 Å². The number of nitrogens with zero attached hydrogens (tertiary/aromatic N) is 2. The maximum Gasteiger partial charge on any atom is 0.278 e. The first kappa shape index (κ1) is 17.4. The largest absolute Gasteiger partial charge is 0.336 e. The zero-order valence-electron chi connectivity index (χ0n) is 15.9. The molecule has 2 heterocycles. The molecule has 0 fully saturated rings. The van der Waals surface area contributed by atoms with Crippen molar-refractivity contribution in [2.75, 3.05) is 11.4 Å². The molecule has 2 amide bonds. The zero-order valence-corrected chi connectivity index (χ0v) is 15.9. The molecule has 0 unspecified atom stereocenters. The molecule has 0 saturated heterocycles. The first-order valence-electron chi connectivity index (χ1n) is 9.79. The normalized spacial score (nSPS) is 16.0. The number of para-hydroxylation sites is 1. The van der Waals surface area contributed by atoms with Gasteiger partial charge in [-0.05, 0) is 29.2 Å². The van der Waals surface area contributed by atoms with E-state index in [2.05, 4.69) is 6.07 Å². The summed E-state index contributed by atoms with van der Waals surface area (Å²) in [6, 6.07) is 27.2. The summed E-state index contributed by atoms with van der Waals surface area (Å²) in [6.07, 6.45) is 0.863. The number of fused-ring (bicyclic) bond motifs is 1. The molecular formula is C25H20N2O2. The summed E-state index contributed by atoms with van der Waals surface area (Å²) in [6.45, 7) is 0.969. The second kappa shape index (κ2) is 7.06. The minimum atomic E-state index is -0.232. The third-order valence-electron chi connectivity index (χ3n) is 5.55. The first-order chi connectivity index (χ1) is 14.2. The molecule has 0 atom stereocenters. The van der Waals surface area contributed by atoms with Gasteiger partial charge in [0.15, 0.2) is 0 Å². The Morgan fingerprint density at radius 2 is 1.38 bits per heavy atom. The monoisotopic (exact) mass is 380 g/mol. The lowest BCUT2D eigenvalue weighted by atomic mass is 10.0. The highest BCUT2D eigenvalue weighted by atomic mass is 16.2. The lowest BCUT2D eigenvalue weighted by Gasteiger charge is -2.21. The van der Waals surface area contributed by atoms with Crippen LogP contribution in [0.25, 0.3) is 5.57 Å². The van der Waals surface area contributed by atoms with Crippen LogP contribution in [-0.2, 0) is 22.6 Å². The Balaban J connectivity index is 1.61. The zero-order chi connectivity index (χ0) is 19.8. The Morgan fingerprint density at radius 3 is 2.14 bits per heavy atom. The summed E-state index contributed by atoms with van der Waals surface area (Å²) in [5.41, 5.74) is 4.91. The molecule has 142 valence electrons. The van der Waals surface area contributed by atoms with Crippen molar-refractivity contribution in [2.24, 2.45) is 0 Å². The van der Waals surface area contributed by atoms with Crippen molar-refractivity contribution in [3.05, 3.63) is 107 Å². The SMILES string of the molecule is O=C1C(c2ccccc2)=C(N2CCc3ccccc32)C(=O)N1Cc1ccccc1. The van der Waals surface area contributed by atoms with E-state index in [0.29, 0.717) is 17.8 Å². The molecule has 0 N–H and O–H groups in total. The van der Waals surface area contributed by atoms with Gasteiger partial charge in [0.25, 0.3) is 11.8 Å². The predicted octanol–water partition coefficient (Wildman–Crippen LogP) is 4.03. The average Bonchev–Trinajstić information content (AvgIpc) is 3.29. The van der Waals surface area contributed by atoms with E-state index in [1.165, 1.54) is 10.5 Å². The summed E-state index contributed by atoms with van der Waals surface area (Å²) >= 11 is 0. The Morgan fingerprint density at radius 1 is 0.724 bits per heavy atom. The first-order valence-corrected chi connectivity index (χ1v) is 9.79. The molecule has 3 aromatic carbocycles. The van der Waals surface area contributed by atoms with Gasteiger partial charge in [-0.15, -0.1) is 0 Å². The van der Waals surface area contributed by atoms with E-state index < -0.39 is 0 Å². The Kier molecular flexibility index (Phi) is 4.24. The number of hydrogen-bond acceptors (Lipinski definition) is 3. The van der Waals surface area contributed by atoms with Gasteiger partial charge in [-0.2, -0.15) is 0 Å². The van der Waals surface area contributed by atoms with Crippen LogP contribution < -0.4 is 4.90 Å². The smallest absolute Gasteiger partial charge is 0.278 e. The summed E-state index contributed by atoms with van der Waals surface area (Å²) in [4.78, 5) is 30.3. The summed E-state index contributed by atoms with van der Waals surface area (Å²) < 4.78 is 0. The van der Waals surface area contributed by atoms with Gasteiger partial charge in [0.1, 0.15) is 5.70 Å². The van der Waals surface area contributed by atoms with E-state index in [-0.39, 0.29) is 18.4 Å². The van der Waals surface area contributed by atoms with Gasteiger partial charge in [-0.1, -0.05) is 78.9 Å². The van der Waals surface area contributed by atoms with Crippen molar-refractivity contribution >= 4 is 23.1 Å². The second-order valence-corrected chi connectivity index (χ2v) is 7.30. The number of hydrogen-bond donors (Lipinski definition) is 0. The van der Waals surface area contributed by atoms with Crippen LogP contribution in [0, 0.1) is 0 Å². The van der Waals surface area contributed by atoms with Gasteiger partial charge in [-0.3, -0.25) is 14.5 Å². The number of rotatable bonds is 4. The molecule has 4 nitrogen and oxygen atoms in total. The standard InChI is InChI=1S/C25H20N2O2/c28-24-22(20-12-5-2-6-13-20)23(26-16-15-19-11-7-8-14-21(19)26)25(29)27(24)17-18-9-3-1-4-10-18/h1-14H,15-17H2. The Bertz CT molecular complexity index is 1120. The van der Waals surface area contributed by atoms with Gasteiger partial charge >= 0.3 is 0 Å². The second-order valence-electron chi connectivity index (χ2n) is 7.30. The summed E-state index contributed by atoms with van der Waals surface area (Å²) in [5.74, 6) is -0.459. The van der Waals surface area contributed by atoms with E-state index >= 15 is 0 Å². The van der Waals surface area contributed by atoms with E-state index in [9.17, 15) is 9.59 Å². The van der Waals surface area contributed by atoms with Crippen LogP contribution in [0.15, 0.2) is 90.6 Å². The van der Waals surface area contributed by atoms with Crippen LogP contribution in [0.3, 0.4) is 0 Å². The molecule has 3 aromatic rings. The summed E-state index contributed by atoms with van der Waals surface area (Å²) in [5, 5.41) is 0. The third kappa shape index (κ3) is 2.93. The number of amides is 2. The van der Waals surface area contributed by atoms with E-state index in [0.717, 1.165) is 23.2 Å².